The Labute approximate surface area is 214 Å². The number of rotatable bonds is 9. The zero-order valence-electron chi connectivity index (χ0n) is 21.0. The van der Waals surface area contributed by atoms with E-state index in [0.29, 0.717) is 31.0 Å². The Morgan fingerprint density at radius 2 is 1.68 bits per heavy atom. The Kier molecular flexibility index (Phi) is 7.18. The number of pyridine rings is 1. The van der Waals surface area contributed by atoms with Gasteiger partial charge in [0, 0.05) is 24.0 Å². The molecular formula is C29H29FN6O. The Bertz CT molecular complexity index is 1560. The lowest BCUT2D eigenvalue weighted by Gasteiger charge is -2.22. The lowest BCUT2D eigenvalue weighted by atomic mass is 10.0. The van der Waals surface area contributed by atoms with Crippen LogP contribution in [0.4, 0.5) is 4.39 Å². The van der Waals surface area contributed by atoms with E-state index in [1.807, 2.05) is 37.3 Å². The van der Waals surface area contributed by atoms with Gasteiger partial charge in [0.15, 0.2) is 5.82 Å². The summed E-state index contributed by atoms with van der Waals surface area (Å²) >= 11 is 0. The van der Waals surface area contributed by atoms with Crippen LogP contribution in [0.5, 0.6) is 0 Å². The molecule has 0 saturated heterocycles. The summed E-state index contributed by atoms with van der Waals surface area (Å²) in [5.41, 5.74) is 5.79. The predicted molar refractivity (Wildman–Crippen MR) is 142 cm³/mol. The maximum Gasteiger partial charge on any atom is 0.252 e. The Morgan fingerprint density at radius 3 is 2.46 bits per heavy atom. The molecule has 0 aliphatic carbocycles. The minimum atomic E-state index is -0.279. The number of aromatic nitrogens is 5. The first-order chi connectivity index (χ1) is 18.0. The molecule has 0 amide bonds. The average Bonchev–Trinajstić information content (AvgIpc) is 3.34. The zero-order chi connectivity index (χ0) is 25.8. The number of tetrazole rings is 1. The summed E-state index contributed by atoms with van der Waals surface area (Å²) in [6.07, 6.45) is 0.823. The standard InChI is InChI=1S/C29H29FN6O/c1-20-8-9-21(2)28-26(20)16-24(29(37)31-28)18-35(15-14-22-6-4-3-5-7-22)19-27-32-33-34-36(27)17-23-10-12-25(30)13-11-23/h3-13,16H,14-15,17-19H2,1-2H3,(H,31,37). The third-order valence-corrected chi connectivity index (χ3v) is 6.69. The topological polar surface area (TPSA) is 79.7 Å². The van der Waals surface area contributed by atoms with E-state index in [4.69, 9.17) is 0 Å². The summed E-state index contributed by atoms with van der Waals surface area (Å²) in [5.74, 6) is 0.403. The van der Waals surface area contributed by atoms with E-state index in [1.54, 1.807) is 16.8 Å². The van der Waals surface area contributed by atoms with Crippen LogP contribution in [0.15, 0.2) is 77.6 Å². The van der Waals surface area contributed by atoms with Gasteiger partial charge in [-0.05, 0) is 71.1 Å². The molecule has 0 radical (unpaired) electrons. The van der Waals surface area contributed by atoms with Crippen LogP contribution in [-0.2, 0) is 26.1 Å². The van der Waals surface area contributed by atoms with Crippen molar-refractivity contribution in [3.63, 3.8) is 0 Å². The van der Waals surface area contributed by atoms with Gasteiger partial charge >= 0.3 is 0 Å². The molecule has 0 atom stereocenters. The molecule has 0 saturated carbocycles. The van der Waals surface area contributed by atoms with Crippen molar-refractivity contribution < 1.29 is 4.39 Å². The van der Waals surface area contributed by atoms with Crippen molar-refractivity contribution in [1.82, 2.24) is 30.1 Å². The van der Waals surface area contributed by atoms with Crippen LogP contribution in [-0.4, -0.2) is 36.6 Å². The molecule has 37 heavy (non-hydrogen) atoms. The molecule has 0 spiro atoms. The second-order valence-electron chi connectivity index (χ2n) is 9.44. The van der Waals surface area contributed by atoms with E-state index < -0.39 is 0 Å². The quantitative estimate of drug-likeness (QED) is 0.324. The minimum Gasteiger partial charge on any atom is -0.321 e. The number of hydrogen-bond donors (Lipinski definition) is 1. The van der Waals surface area contributed by atoms with Crippen molar-refractivity contribution in [2.24, 2.45) is 0 Å². The number of nitrogens with zero attached hydrogens (tertiary/aromatic N) is 5. The van der Waals surface area contributed by atoms with Crippen molar-refractivity contribution >= 4 is 10.9 Å². The normalized spacial score (nSPS) is 11.5. The first-order valence-electron chi connectivity index (χ1n) is 12.3. The van der Waals surface area contributed by atoms with Gasteiger partial charge in [-0.15, -0.1) is 5.10 Å². The monoisotopic (exact) mass is 496 g/mol. The first-order valence-corrected chi connectivity index (χ1v) is 12.3. The number of fused-ring (bicyclic) bond motifs is 1. The van der Waals surface area contributed by atoms with Crippen molar-refractivity contribution in [3.05, 3.63) is 123 Å². The summed E-state index contributed by atoms with van der Waals surface area (Å²) in [7, 11) is 0. The molecule has 8 heteroatoms. The number of halogens is 1. The smallest absolute Gasteiger partial charge is 0.252 e. The highest BCUT2D eigenvalue weighted by Crippen LogP contribution is 2.20. The maximum absolute atomic E-state index is 13.3. The van der Waals surface area contributed by atoms with Crippen LogP contribution in [0, 0.1) is 19.7 Å². The fourth-order valence-corrected chi connectivity index (χ4v) is 4.54. The van der Waals surface area contributed by atoms with E-state index >= 15 is 0 Å². The Hall–Kier alpha value is -4.17. The number of H-pyrrole nitrogens is 1. The number of hydrogen-bond acceptors (Lipinski definition) is 5. The Morgan fingerprint density at radius 1 is 0.919 bits per heavy atom. The number of nitrogens with one attached hydrogen (secondary N) is 1. The van der Waals surface area contributed by atoms with E-state index in [2.05, 4.69) is 50.5 Å². The second-order valence-corrected chi connectivity index (χ2v) is 9.44. The van der Waals surface area contributed by atoms with Crippen LogP contribution in [0.3, 0.4) is 0 Å². The summed E-state index contributed by atoms with van der Waals surface area (Å²) < 4.78 is 15.1. The number of aromatic amines is 1. The summed E-state index contributed by atoms with van der Waals surface area (Å²) in [4.78, 5) is 18.4. The van der Waals surface area contributed by atoms with Gasteiger partial charge in [-0.25, -0.2) is 9.07 Å². The van der Waals surface area contributed by atoms with E-state index in [1.165, 1.54) is 17.7 Å². The molecule has 1 N–H and O–H groups in total. The zero-order valence-corrected chi connectivity index (χ0v) is 21.0. The van der Waals surface area contributed by atoms with Crippen LogP contribution in [0.25, 0.3) is 10.9 Å². The molecule has 188 valence electrons. The van der Waals surface area contributed by atoms with Crippen LogP contribution < -0.4 is 5.56 Å². The van der Waals surface area contributed by atoms with E-state index in [-0.39, 0.29) is 11.4 Å². The van der Waals surface area contributed by atoms with Crippen molar-refractivity contribution in [2.45, 2.75) is 39.9 Å². The van der Waals surface area contributed by atoms with Gasteiger partial charge in [0.05, 0.1) is 18.6 Å². The number of aryl methyl sites for hydroxylation is 2. The first kappa shape index (κ1) is 24.5. The molecule has 5 aromatic rings. The molecule has 0 unspecified atom stereocenters. The highest BCUT2D eigenvalue weighted by atomic mass is 19.1. The molecule has 7 nitrogen and oxygen atoms in total. The highest BCUT2D eigenvalue weighted by Gasteiger charge is 2.16. The molecule has 5 rings (SSSR count). The maximum atomic E-state index is 13.3. The van der Waals surface area contributed by atoms with Gasteiger partial charge < -0.3 is 4.98 Å². The molecule has 0 aliphatic heterocycles. The summed E-state index contributed by atoms with van der Waals surface area (Å²) in [6, 6.07) is 22.7. The average molecular weight is 497 g/mol. The largest absolute Gasteiger partial charge is 0.321 e. The lowest BCUT2D eigenvalue weighted by molar-refractivity contribution is 0.248. The van der Waals surface area contributed by atoms with Crippen LogP contribution in [0.1, 0.15) is 33.6 Å². The van der Waals surface area contributed by atoms with Crippen molar-refractivity contribution in [2.75, 3.05) is 6.54 Å². The molecule has 2 heterocycles. The molecular weight excluding hydrogens is 467 g/mol. The highest BCUT2D eigenvalue weighted by molar-refractivity contribution is 5.85. The molecule has 0 bridgehead atoms. The molecule has 0 aliphatic rings. The second kappa shape index (κ2) is 10.8. The van der Waals surface area contributed by atoms with Gasteiger partial charge in [0.1, 0.15) is 5.82 Å². The summed E-state index contributed by atoms with van der Waals surface area (Å²) in [5, 5.41) is 13.4. The molecule has 0 fully saturated rings. The van der Waals surface area contributed by atoms with Gasteiger partial charge in [-0.3, -0.25) is 9.69 Å². The molecule has 3 aromatic carbocycles. The van der Waals surface area contributed by atoms with E-state index in [9.17, 15) is 9.18 Å². The van der Waals surface area contributed by atoms with Crippen LogP contribution >= 0.6 is 0 Å². The molecule has 2 aromatic heterocycles. The minimum absolute atomic E-state index is 0.0863. The Balaban J connectivity index is 1.42. The summed E-state index contributed by atoms with van der Waals surface area (Å²) in [6.45, 7) is 6.13. The van der Waals surface area contributed by atoms with Crippen LogP contribution in [0.2, 0.25) is 0 Å². The SMILES string of the molecule is Cc1ccc(C)c2[nH]c(=O)c(CN(CCc3ccccc3)Cc3nnnn3Cc3ccc(F)cc3)cc12. The number of benzene rings is 3. The van der Waals surface area contributed by atoms with Gasteiger partial charge in [0.2, 0.25) is 0 Å². The fraction of sp³-hybridized carbons (Fsp3) is 0.241. The third kappa shape index (κ3) is 5.81. The fourth-order valence-electron chi connectivity index (χ4n) is 4.54. The van der Waals surface area contributed by atoms with Crippen molar-refractivity contribution in [1.29, 1.82) is 0 Å². The third-order valence-electron chi connectivity index (χ3n) is 6.69. The van der Waals surface area contributed by atoms with Gasteiger partial charge in [-0.1, -0.05) is 54.6 Å². The van der Waals surface area contributed by atoms with Gasteiger partial charge in [0.25, 0.3) is 5.56 Å². The van der Waals surface area contributed by atoms with Gasteiger partial charge in [-0.2, -0.15) is 0 Å². The predicted octanol–water partition coefficient (Wildman–Crippen LogP) is 4.56. The van der Waals surface area contributed by atoms with Crippen molar-refractivity contribution in [3.8, 4) is 0 Å². The van der Waals surface area contributed by atoms with E-state index in [0.717, 1.165) is 40.6 Å². The lowest BCUT2D eigenvalue weighted by Crippen LogP contribution is -2.30.